The molecule has 6 N–H and O–H groups in total. The minimum Gasteiger partial charge on any atom is -0.547 e. The molecule has 0 heterocycles. The fourth-order valence-electron chi connectivity index (χ4n) is 0.270. The van der Waals surface area contributed by atoms with E-state index >= 15 is 0 Å². The maximum absolute atomic E-state index is 9.77. The summed E-state index contributed by atoms with van der Waals surface area (Å²) in [5.41, 5.74) is 0. The molecular formula is C10H16O12Zn. The summed E-state index contributed by atoms with van der Waals surface area (Å²) in [5.74, 6) is -6.41. The molecule has 13 heteroatoms. The Hall–Kier alpha value is -1.66. The Morgan fingerprint density at radius 3 is 0.870 bits per heavy atom. The summed E-state index contributed by atoms with van der Waals surface area (Å²) in [7, 11) is 0. The topological polar surface area (TPSA) is 236 Å². The number of aliphatic hydroxyl groups excluding tert-OH is 4. The van der Waals surface area contributed by atoms with Gasteiger partial charge in [-0.2, -0.15) is 0 Å². The van der Waals surface area contributed by atoms with Gasteiger partial charge < -0.3 is 50.4 Å². The molecule has 130 valence electrons. The quantitative estimate of drug-likeness (QED) is 0.239. The number of carboxylic acid groups (broad SMARTS) is 4. The van der Waals surface area contributed by atoms with Crippen LogP contribution < -0.4 is 10.2 Å². The van der Waals surface area contributed by atoms with Gasteiger partial charge in [-0.15, -0.1) is 0 Å². The number of hydrogen-bond donors (Lipinski definition) is 6. The Bertz CT molecular complexity index is 344. The van der Waals surface area contributed by atoms with Crippen molar-refractivity contribution in [3.8, 4) is 0 Å². The molecule has 0 aromatic heterocycles. The summed E-state index contributed by atoms with van der Waals surface area (Å²) in [5, 5.41) is 67.1. The van der Waals surface area contributed by atoms with E-state index in [-0.39, 0.29) is 19.5 Å². The molecular weight excluding hydrogens is 377 g/mol. The van der Waals surface area contributed by atoms with Gasteiger partial charge in [-0.25, -0.2) is 9.59 Å². The smallest absolute Gasteiger partial charge is 0.547 e. The first-order chi connectivity index (χ1) is 9.75. The number of rotatable bonds is 5. The molecule has 4 unspecified atom stereocenters. The normalized spacial score (nSPS) is 14.0. The van der Waals surface area contributed by atoms with Crippen molar-refractivity contribution < 1.29 is 79.5 Å². The van der Waals surface area contributed by atoms with E-state index in [1.165, 1.54) is 0 Å². The van der Waals surface area contributed by atoms with Gasteiger partial charge in [0, 0.05) is 0 Å². The second kappa shape index (κ2) is 15.2. The van der Waals surface area contributed by atoms with Gasteiger partial charge in [0.05, 0.1) is 24.1 Å². The van der Waals surface area contributed by atoms with Crippen LogP contribution in [0.2, 0.25) is 0 Å². The number of carboxylic acids is 4. The molecule has 0 aromatic rings. The summed E-state index contributed by atoms with van der Waals surface area (Å²) in [6.07, 6.45) is -7.22. The van der Waals surface area contributed by atoms with E-state index in [0.717, 1.165) is 13.8 Å². The second-order valence-corrected chi connectivity index (χ2v) is 3.56. The van der Waals surface area contributed by atoms with E-state index in [9.17, 15) is 29.4 Å². The fourth-order valence-corrected chi connectivity index (χ4v) is 0.270. The zero-order valence-electron chi connectivity index (χ0n) is 12.1. The standard InChI is InChI=1S/C4H6O6.2C3H6O3.Zn/c5-1(3(7)8)2(6)4(9)10;2*1-2(4)3(5)6;/h1-2,5-6H,(H,7,8)(H,9,10);2*2,4H,1H3,(H,5,6);/q;;;+2/p-2. The van der Waals surface area contributed by atoms with Crippen LogP contribution >= 0.6 is 0 Å². The van der Waals surface area contributed by atoms with Crippen LogP contribution in [-0.4, -0.2) is 78.9 Å². The van der Waals surface area contributed by atoms with Crippen LogP contribution in [0.25, 0.3) is 0 Å². The van der Waals surface area contributed by atoms with Crippen molar-refractivity contribution in [1.29, 1.82) is 0 Å². The van der Waals surface area contributed by atoms with Crippen LogP contribution in [0.1, 0.15) is 13.8 Å². The van der Waals surface area contributed by atoms with Gasteiger partial charge in [0.15, 0.2) is 12.2 Å². The number of carbonyl (C=O) groups excluding carboxylic acids is 2. The Labute approximate surface area is 142 Å². The van der Waals surface area contributed by atoms with E-state index in [4.69, 9.17) is 30.6 Å². The van der Waals surface area contributed by atoms with Gasteiger partial charge in [-0.1, -0.05) is 0 Å². The van der Waals surface area contributed by atoms with Crippen molar-refractivity contribution in [3.05, 3.63) is 0 Å². The van der Waals surface area contributed by atoms with E-state index < -0.39 is 48.3 Å². The van der Waals surface area contributed by atoms with Gasteiger partial charge in [-0.05, 0) is 13.8 Å². The van der Waals surface area contributed by atoms with Crippen molar-refractivity contribution in [2.75, 3.05) is 0 Å². The summed E-state index contributed by atoms with van der Waals surface area (Å²) in [4.78, 5) is 38.2. The van der Waals surface area contributed by atoms with Crippen molar-refractivity contribution in [2.24, 2.45) is 0 Å². The van der Waals surface area contributed by atoms with E-state index in [1.54, 1.807) is 0 Å². The van der Waals surface area contributed by atoms with Crippen LogP contribution in [0.4, 0.5) is 0 Å². The van der Waals surface area contributed by atoms with Gasteiger partial charge in [0.25, 0.3) is 0 Å². The predicted octanol–water partition coefficient (Wildman–Crippen LogP) is -5.89. The average Bonchev–Trinajstić information content (AvgIpc) is 2.37. The molecule has 0 aliphatic rings. The van der Waals surface area contributed by atoms with E-state index in [1.807, 2.05) is 0 Å². The second-order valence-electron chi connectivity index (χ2n) is 3.56. The van der Waals surface area contributed by atoms with Crippen molar-refractivity contribution in [1.82, 2.24) is 0 Å². The summed E-state index contributed by atoms with van der Waals surface area (Å²) in [6, 6.07) is 0. The maximum atomic E-state index is 9.77. The van der Waals surface area contributed by atoms with Crippen LogP contribution in [-0.2, 0) is 38.7 Å². The number of aliphatic carboxylic acids is 4. The van der Waals surface area contributed by atoms with Gasteiger partial charge in [-0.3, -0.25) is 0 Å². The predicted molar refractivity (Wildman–Crippen MR) is 60.7 cm³/mol. The molecule has 12 nitrogen and oxygen atoms in total. The Kier molecular flexibility index (Phi) is 19.5. The third-order valence-electron chi connectivity index (χ3n) is 1.49. The van der Waals surface area contributed by atoms with Crippen LogP contribution in [0.5, 0.6) is 0 Å². The SMILES string of the molecule is CC(O)C(=O)[O-].CC(O)C(=O)[O-].O=C(O)C(O)C(O)C(=O)O.[Zn+2]. The third-order valence-corrected chi connectivity index (χ3v) is 1.49. The fraction of sp³-hybridized carbons (Fsp3) is 0.600. The molecule has 4 atom stereocenters. The average molecular weight is 394 g/mol. The number of hydrogen-bond acceptors (Lipinski definition) is 10. The molecule has 0 saturated carbocycles. The molecule has 0 aliphatic heterocycles. The van der Waals surface area contributed by atoms with Crippen molar-refractivity contribution in [2.45, 2.75) is 38.3 Å². The zero-order valence-corrected chi connectivity index (χ0v) is 15.1. The van der Waals surface area contributed by atoms with Gasteiger partial charge >= 0.3 is 31.4 Å². The van der Waals surface area contributed by atoms with E-state index in [2.05, 4.69) is 0 Å². The Morgan fingerprint density at radius 1 is 0.696 bits per heavy atom. The molecule has 0 bridgehead atoms. The first-order valence-corrected chi connectivity index (χ1v) is 5.35. The monoisotopic (exact) mass is 392 g/mol. The summed E-state index contributed by atoms with van der Waals surface area (Å²) >= 11 is 0. The van der Waals surface area contributed by atoms with Crippen LogP contribution in [0.15, 0.2) is 0 Å². The molecule has 0 fully saturated rings. The minimum atomic E-state index is -2.27. The summed E-state index contributed by atoms with van der Waals surface area (Å²) in [6.45, 7) is 2.27. The van der Waals surface area contributed by atoms with E-state index in [0.29, 0.717) is 0 Å². The Balaban J connectivity index is -0.000000122. The largest absolute Gasteiger partial charge is 2.00 e. The van der Waals surface area contributed by atoms with Gasteiger partial charge in [0.1, 0.15) is 0 Å². The van der Waals surface area contributed by atoms with Crippen molar-refractivity contribution >= 4 is 23.9 Å². The Morgan fingerprint density at radius 2 is 0.826 bits per heavy atom. The van der Waals surface area contributed by atoms with Crippen molar-refractivity contribution in [3.63, 3.8) is 0 Å². The van der Waals surface area contributed by atoms with Crippen LogP contribution in [0.3, 0.4) is 0 Å². The molecule has 0 radical (unpaired) electrons. The van der Waals surface area contributed by atoms with Crippen LogP contribution in [0, 0.1) is 0 Å². The third kappa shape index (κ3) is 20.3. The molecule has 0 rings (SSSR count). The maximum Gasteiger partial charge on any atom is 2.00 e. The van der Waals surface area contributed by atoms with Gasteiger partial charge in [0.2, 0.25) is 0 Å². The number of aliphatic hydroxyl groups is 4. The first kappa shape index (κ1) is 29.4. The number of carbonyl (C=O) groups is 4. The first-order valence-electron chi connectivity index (χ1n) is 5.35. The minimum absolute atomic E-state index is 0. The molecule has 0 spiro atoms. The molecule has 0 amide bonds. The molecule has 0 aromatic carbocycles. The molecule has 0 aliphatic carbocycles. The molecule has 23 heavy (non-hydrogen) atoms. The molecule has 0 saturated heterocycles. The summed E-state index contributed by atoms with van der Waals surface area (Å²) < 4.78 is 0. The zero-order chi connectivity index (χ0) is 18.6.